The topological polar surface area (TPSA) is 107 Å². The molecule has 1 atom stereocenters. The Bertz CT molecular complexity index is 1110. The van der Waals surface area contributed by atoms with Gasteiger partial charge in [-0.25, -0.2) is 4.98 Å². The second-order valence-corrected chi connectivity index (χ2v) is 6.92. The van der Waals surface area contributed by atoms with Crippen LogP contribution in [0.25, 0.3) is 10.9 Å². The van der Waals surface area contributed by atoms with Crippen LogP contribution in [0.2, 0.25) is 5.02 Å². The second kappa shape index (κ2) is 7.95. The first-order valence-corrected chi connectivity index (χ1v) is 8.85. The monoisotopic (exact) mass is 403 g/mol. The van der Waals surface area contributed by atoms with Crippen LogP contribution in [0.4, 0.5) is 5.69 Å². The first-order chi connectivity index (χ1) is 13.3. The Morgan fingerprint density at radius 1 is 1.32 bits per heavy atom. The number of aryl methyl sites for hydroxylation is 2. The summed E-state index contributed by atoms with van der Waals surface area (Å²) < 4.78 is 6.84. The van der Waals surface area contributed by atoms with Crippen molar-refractivity contribution >= 4 is 28.2 Å². The molecule has 9 heteroatoms. The highest BCUT2D eigenvalue weighted by Crippen LogP contribution is 2.27. The second-order valence-electron chi connectivity index (χ2n) is 6.51. The standard InChI is InChI=1S/C19H18ClN3O5/c1-11-3-4-12(2)18(5-11)28-9-13(24)8-22-10-21-16-7-15(20)17(23(26)27)6-14(16)19(22)25/h3-7,10,13,24H,8-9H2,1-2H3/t13-/m0/s1. The Morgan fingerprint density at radius 3 is 2.79 bits per heavy atom. The van der Waals surface area contributed by atoms with Crippen LogP contribution in [0, 0.1) is 24.0 Å². The Hall–Kier alpha value is -2.97. The summed E-state index contributed by atoms with van der Waals surface area (Å²) in [4.78, 5) is 27.1. The predicted molar refractivity (Wildman–Crippen MR) is 105 cm³/mol. The molecule has 1 aromatic heterocycles. The fourth-order valence-corrected chi connectivity index (χ4v) is 2.99. The minimum Gasteiger partial charge on any atom is -0.491 e. The van der Waals surface area contributed by atoms with Crippen LogP contribution in [0.3, 0.4) is 0 Å². The van der Waals surface area contributed by atoms with Gasteiger partial charge in [-0.2, -0.15) is 0 Å². The summed E-state index contributed by atoms with van der Waals surface area (Å²) in [7, 11) is 0. The van der Waals surface area contributed by atoms with E-state index in [0.717, 1.165) is 17.2 Å². The normalized spacial score (nSPS) is 12.1. The van der Waals surface area contributed by atoms with Crippen LogP contribution in [-0.2, 0) is 6.54 Å². The number of aliphatic hydroxyl groups excluding tert-OH is 1. The average molecular weight is 404 g/mol. The van der Waals surface area contributed by atoms with Crippen LogP contribution < -0.4 is 10.3 Å². The summed E-state index contributed by atoms with van der Waals surface area (Å²) >= 11 is 5.85. The molecule has 0 radical (unpaired) electrons. The van der Waals surface area contributed by atoms with E-state index < -0.39 is 16.6 Å². The number of hydrogen-bond acceptors (Lipinski definition) is 6. The van der Waals surface area contributed by atoms with E-state index >= 15 is 0 Å². The van der Waals surface area contributed by atoms with Crippen molar-refractivity contribution in [3.63, 3.8) is 0 Å². The highest BCUT2D eigenvalue weighted by atomic mass is 35.5. The molecule has 0 aliphatic heterocycles. The van der Waals surface area contributed by atoms with Gasteiger partial charge in [0, 0.05) is 6.07 Å². The third-order valence-corrected chi connectivity index (χ3v) is 4.57. The van der Waals surface area contributed by atoms with Gasteiger partial charge in [0.05, 0.1) is 28.7 Å². The molecule has 1 heterocycles. The third-order valence-electron chi connectivity index (χ3n) is 4.27. The number of rotatable bonds is 6. The van der Waals surface area contributed by atoms with Crippen molar-refractivity contribution < 1.29 is 14.8 Å². The smallest absolute Gasteiger partial charge is 0.288 e. The molecular weight excluding hydrogens is 386 g/mol. The van der Waals surface area contributed by atoms with Crippen molar-refractivity contribution in [2.45, 2.75) is 26.5 Å². The summed E-state index contributed by atoms with van der Waals surface area (Å²) in [6, 6.07) is 8.13. The van der Waals surface area contributed by atoms with Gasteiger partial charge in [-0.15, -0.1) is 0 Å². The number of nitro groups is 1. The lowest BCUT2D eigenvalue weighted by Gasteiger charge is -2.15. The molecule has 3 aromatic rings. The van der Waals surface area contributed by atoms with Gasteiger partial charge in [-0.1, -0.05) is 23.7 Å². The van der Waals surface area contributed by atoms with Gasteiger partial charge in [0.25, 0.3) is 11.2 Å². The average Bonchev–Trinajstić information content (AvgIpc) is 2.64. The highest BCUT2D eigenvalue weighted by molar-refractivity contribution is 6.33. The highest BCUT2D eigenvalue weighted by Gasteiger charge is 2.17. The summed E-state index contributed by atoms with van der Waals surface area (Å²) in [5.41, 5.74) is 1.34. The summed E-state index contributed by atoms with van der Waals surface area (Å²) in [5, 5.41) is 21.3. The number of nitrogens with zero attached hydrogens (tertiary/aromatic N) is 3. The minimum atomic E-state index is -0.973. The zero-order valence-electron chi connectivity index (χ0n) is 15.3. The Morgan fingerprint density at radius 2 is 2.07 bits per heavy atom. The Kier molecular flexibility index (Phi) is 5.62. The quantitative estimate of drug-likeness (QED) is 0.500. The lowest BCUT2D eigenvalue weighted by atomic mass is 10.1. The number of benzene rings is 2. The van der Waals surface area contributed by atoms with E-state index in [9.17, 15) is 20.0 Å². The number of ether oxygens (including phenoxy) is 1. The number of nitro benzene ring substituents is 1. The van der Waals surface area contributed by atoms with Crippen molar-refractivity contribution in [1.82, 2.24) is 9.55 Å². The van der Waals surface area contributed by atoms with Crippen molar-refractivity contribution in [3.05, 3.63) is 73.3 Å². The van der Waals surface area contributed by atoms with Crippen molar-refractivity contribution in [1.29, 1.82) is 0 Å². The maximum Gasteiger partial charge on any atom is 0.288 e. The van der Waals surface area contributed by atoms with Crippen LogP contribution in [-0.4, -0.2) is 32.3 Å². The van der Waals surface area contributed by atoms with Crippen LogP contribution in [0.5, 0.6) is 5.75 Å². The fraction of sp³-hybridized carbons (Fsp3) is 0.263. The summed E-state index contributed by atoms with van der Waals surface area (Å²) in [6.07, 6.45) is 0.299. The number of aromatic nitrogens is 2. The van der Waals surface area contributed by atoms with E-state index in [0.29, 0.717) is 5.75 Å². The van der Waals surface area contributed by atoms with Crippen molar-refractivity contribution in [2.75, 3.05) is 6.61 Å². The van der Waals surface area contributed by atoms with E-state index in [4.69, 9.17) is 16.3 Å². The van der Waals surface area contributed by atoms with Gasteiger partial charge in [0.15, 0.2) is 0 Å². The van der Waals surface area contributed by atoms with Crippen LogP contribution in [0.1, 0.15) is 11.1 Å². The van der Waals surface area contributed by atoms with Crippen molar-refractivity contribution in [3.8, 4) is 5.75 Å². The molecular formula is C19H18ClN3O5. The molecule has 0 spiro atoms. The Labute approximate surface area is 165 Å². The number of fused-ring (bicyclic) bond motifs is 1. The predicted octanol–water partition coefficient (Wildman–Crippen LogP) is 3.01. The number of halogens is 1. The SMILES string of the molecule is Cc1ccc(C)c(OC[C@@H](O)Cn2cnc3cc(Cl)c([N+](=O)[O-])cc3c2=O)c1. The van der Waals surface area contributed by atoms with Crippen LogP contribution in [0.15, 0.2) is 41.5 Å². The van der Waals surface area contributed by atoms with E-state index in [-0.39, 0.29) is 34.8 Å². The van der Waals surface area contributed by atoms with Gasteiger partial charge in [-0.05, 0) is 37.1 Å². The molecule has 0 bridgehead atoms. The van der Waals surface area contributed by atoms with Crippen LogP contribution >= 0.6 is 11.6 Å². The lowest BCUT2D eigenvalue weighted by molar-refractivity contribution is -0.384. The lowest BCUT2D eigenvalue weighted by Crippen LogP contribution is -2.30. The molecule has 0 saturated heterocycles. The van der Waals surface area contributed by atoms with E-state index in [1.54, 1.807) is 0 Å². The molecule has 28 heavy (non-hydrogen) atoms. The van der Waals surface area contributed by atoms with Gasteiger partial charge < -0.3 is 9.84 Å². The van der Waals surface area contributed by atoms with E-state index in [1.165, 1.54) is 17.0 Å². The maximum atomic E-state index is 12.6. The van der Waals surface area contributed by atoms with E-state index in [1.807, 2.05) is 32.0 Å². The molecule has 8 nitrogen and oxygen atoms in total. The molecule has 0 unspecified atom stereocenters. The summed E-state index contributed by atoms with van der Waals surface area (Å²) in [5.74, 6) is 0.660. The van der Waals surface area contributed by atoms with E-state index in [2.05, 4.69) is 4.98 Å². The molecule has 0 aliphatic carbocycles. The number of aliphatic hydroxyl groups is 1. The summed E-state index contributed by atoms with van der Waals surface area (Å²) in [6.45, 7) is 3.75. The zero-order chi connectivity index (χ0) is 20.4. The zero-order valence-corrected chi connectivity index (χ0v) is 16.0. The largest absolute Gasteiger partial charge is 0.491 e. The first-order valence-electron chi connectivity index (χ1n) is 8.47. The molecule has 0 fully saturated rings. The fourth-order valence-electron chi connectivity index (χ4n) is 2.77. The molecule has 0 saturated carbocycles. The molecule has 0 aliphatic rings. The number of hydrogen-bond donors (Lipinski definition) is 1. The maximum absolute atomic E-state index is 12.6. The molecule has 1 N–H and O–H groups in total. The van der Waals surface area contributed by atoms with Crippen molar-refractivity contribution in [2.24, 2.45) is 0 Å². The van der Waals surface area contributed by atoms with Gasteiger partial charge >= 0.3 is 0 Å². The van der Waals surface area contributed by atoms with Gasteiger partial charge in [-0.3, -0.25) is 19.5 Å². The minimum absolute atomic E-state index is 0.0183. The third kappa shape index (κ3) is 4.13. The molecule has 146 valence electrons. The molecule has 3 rings (SSSR count). The van der Waals surface area contributed by atoms with Gasteiger partial charge in [0.2, 0.25) is 0 Å². The molecule has 0 amide bonds. The first kappa shape index (κ1) is 19.8. The molecule has 2 aromatic carbocycles. The Balaban J connectivity index is 1.80. The van der Waals surface area contributed by atoms with Gasteiger partial charge in [0.1, 0.15) is 23.5 Å².